The highest BCUT2D eigenvalue weighted by Gasteiger charge is 2.56. The number of aliphatic carboxylic acids is 1. The first kappa shape index (κ1) is 32.0. The minimum absolute atomic E-state index is 0.114. The predicted octanol–water partition coefficient (Wildman–Crippen LogP) is 3.63. The van der Waals surface area contributed by atoms with Crippen molar-refractivity contribution in [3.63, 3.8) is 0 Å². The summed E-state index contributed by atoms with van der Waals surface area (Å²) in [5.41, 5.74) is 4.60. The molecule has 1 unspecified atom stereocenters. The van der Waals surface area contributed by atoms with Crippen molar-refractivity contribution in [3.05, 3.63) is 47.0 Å². The van der Waals surface area contributed by atoms with Crippen LogP contribution in [0.15, 0.2) is 41.5 Å². The van der Waals surface area contributed by atoms with E-state index in [1.54, 1.807) is 30.3 Å². The largest absolute Gasteiger partial charge is 0.480 e. The van der Waals surface area contributed by atoms with Gasteiger partial charge in [0.15, 0.2) is 11.2 Å². The van der Waals surface area contributed by atoms with Crippen molar-refractivity contribution in [1.29, 1.82) is 0 Å². The third kappa shape index (κ3) is 6.38. The summed E-state index contributed by atoms with van der Waals surface area (Å²) in [5, 5.41) is 21.0. The van der Waals surface area contributed by atoms with Crippen LogP contribution in [0.3, 0.4) is 0 Å². The summed E-state index contributed by atoms with van der Waals surface area (Å²) in [7, 11) is -4.44. The monoisotopic (exact) mass is 636 g/mol. The van der Waals surface area contributed by atoms with E-state index in [-0.39, 0.29) is 29.4 Å². The molecule has 0 spiro atoms. The number of aromatic nitrogens is 4. The van der Waals surface area contributed by atoms with Crippen LogP contribution in [-0.4, -0.2) is 71.8 Å². The van der Waals surface area contributed by atoms with Crippen LogP contribution in [-0.2, 0) is 24.6 Å². The van der Waals surface area contributed by atoms with Gasteiger partial charge in [0.05, 0.1) is 18.6 Å². The maximum absolute atomic E-state index is 16.6. The Morgan fingerprint density at radius 1 is 1.32 bits per heavy atom. The molecule has 1 saturated heterocycles. The molecule has 2 aromatic heterocycles. The lowest BCUT2D eigenvalue weighted by atomic mass is 9.87. The number of carboxylic acid groups (broad SMARTS) is 1. The predicted molar refractivity (Wildman–Crippen MR) is 157 cm³/mol. The molecule has 1 aliphatic heterocycles. The average molecular weight is 637 g/mol. The number of alkyl halides is 1. The molecular formula is C28H38FN6O8P. The van der Waals surface area contributed by atoms with Gasteiger partial charge in [-0.25, -0.2) is 9.55 Å². The number of nitrogen functional groups attached to an aromatic ring is 1. The second kappa shape index (κ2) is 12.9. The Labute approximate surface area is 252 Å². The minimum atomic E-state index is -4.44. The molecule has 3 aromatic rings. The van der Waals surface area contributed by atoms with Crippen LogP contribution < -0.4 is 15.8 Å². The summed E-state index contributed by atoms with van der Waals surface area (Å²) >= 11 is 0. The second-order valence-electron chi connectivity index (χ2n) is 11.4. The Morgan fingerprint density at radius 3 is 2.70 bits per heavy atom. The number of nitrogens with zero attached hydrogens (tertiary/aromatic N) is 4. The van der Waals surface area contributed by atoms with Gasteiger partial charge >= 0.3 is 19.7 Å². The van der Waals surface area contributed by atoms with Crippen LogP contribution in [0.1, 0.15) is 52.4 Å². The Balaban J connectivity index is 1.42. The van der Waals surface area contributed by atoms with Crippen molar-refractivity contribution in [2.24, 2.45) is 11.8 Å². The molecule has 1 aromatic carbocycles. The van der Waals surface area contributed by atoms with E-state index >= 15 is 4.39 Å². The number of nitrogens with two attached hydrogens (primary N) is 1. The molecule has 5 N–H and O–H groups in total. The third-order valence-corrected chi connectivity index (χ3v) is 10.6. The number of imidazole rings is 1. The Bertz CT molecular complexity index is 1570. The van der Waals surface area contributed by atoms with Gasteiger partial charge in [-0.3, -0.25) is 23.7 Å². The zero-order valence-electron chi connectivity index (χ0n) is 24.5. The van der Waals surface area contributed by atoms with Gasteiger partial charge in [-0.2, -0.15) is 14.0 Å². The second-order valence-corrected chi connectivity index (χ2v) is 13.3. The summed E-state index contributed by atoms with van der Waals surface area (Å²) in [4.78, 5) is 34.6. The van der Waals surface area contributed by atoms with E-state index in [4.69, 9.17) is 19.5 Å². The van der Waals surface area contributed by atoms with Gasteiger partial charge in [0.1, 0.15) is 24.2 Å². The van der Waals surface area contributed by atoms with Gasteiger partial charge in [0.25, 0.3) is 5.56 Å². The number of aliphatic hydroxyl groups excluding tert-OH is 1. The molecule has 2 aliphatic rings. The maximum Gasteiger partial charge on any atom is 0.462 e. The standard InChI is InChI=1S/C28H38FN6O8P/c1-17-23(36)21(42-28(17,29)34-16-31-22-24(34)32-27(30)33-25(22)37)15-41-44(40,43-20-11-7-4-8-12-20)35(18(2)26(38)39)14-13-19-9-5-3-6-10-19/h4,7-8,11-12,16-19,21,23,36H,3,5-6,9-10,13-15H2,1-2H3,(H,38,39)(H3,30,32,33,37)/t17-,18?,21-,23+,28+,44-/m1/s1. The highest BCUT2D eigenvalue weighted by molar-refractivity contribution is 7.51. The number of carboxylic acids is 1. The van der Waals surface area contributed by atoms with Crippen molar-refractivity contribution in [1.82, 2.24) is 24.2 Å². The molecule has 1 saturated carbocycles. The number of halogens is 1. The van der Waals surface area contributed by atoms with Crippen LogP contribution in [0.25, 0.3) is 11.2 Å². The van der Waals surface area contributed by atoms with Gasteiger partial charge in [0, 0.05) is 6.54 Å². The molecule has 0 bridgehead atoms. The van der Waals surface area contributed by atoms with E-state index in [1.165, 1.54) is 18.5 Å². The molecular weight excluding hydrogens is 598 g/mol. The Kier molecular flexibility index (Phi) is 9.42. The molecule has 240 valence electrons. The van der Waals surface area contributed by atoms with E-state index < -0.39 is 56.0 Å². The van der Waals surface area contributed by atoms with Gasteiger partial charge in [0.2, 0.25) is 5.95 Å². The molecule has 0 radical (unpaired) electrons. The quantitative estimate of drug-likeness (QED) is 0.211. The summed E-state index contributed by atoms with van der Waals surface area (Å²) in [6, 6.07) is 6.92. The number of hydrogen-bond donors (Lipinski definition) is 4. The third-order valence-electron chi connectivity index (χ3n) is 8.50. The summed E-state index contributed by atoms with van der Waals surface area (Å²) in [5.74, 6) is -4.95. The zero-order chi connectivity index (χ0) is 31.6. The van der Waals surface area contributed by atoms with Gasteiger partial charge in [-0.05, 0) is 31.4 Å². The van der Waals surface area contributed by atoms with Crippen LogP contribution >= 0.6 is 7.75 Å². The first-order valence-electron chi connectivity index (χ1n) is 14.7. The number of ether oxygens (including phenoxy) is 1. The lowest BCUT2D eigenvalue weighted by Crippen LogP contribution is -2.40. The van der Waals surface area contributed by atoms with E-state index in [2.05, 4.69) is 15.0 Å². The lowest BCUT2D eigenvalue weighted by Gasteiger charge is -2.34. The lowest BCUT2D eigenvalue weighted by molar-refractivity contribution is -0.216. The van der Waals surface area contributed by atoms with E-state index in [9.17, 15) is 24.4 Å². The number of para-hydroxylation sites is 1. The van der Waals surface area contributed by atoms with Crippen LogP contribution in [0.5, 0.6) is 5.75 Å². The van der Waals surface area contributed by atoms with Crippen molar-refractivity contribution >= 4 is 30.8 Å². The number of aliphatic hydroxyl groups is 1. The number of carbonyl (C=O) groups is 1. The van der Waals surface area contributed by atoms with Crippen molar-refractivity contribution < 1.29 is 37.7 Å². The number of rotatable bonds is 12. The summed E-state index contributed by atoms with van der Waals surface area (Å²) in [6.07, 6.45) is 4.05. The van der Waals surface area contributed by atoms with Gasteiger partial charge < -0.3 is 25.2 Å². The topological polar surface area (TPSA) is 195 Å². The van der Waals surface area contributed by atoms with Crippen LogP contribution in [0.2, 0.25) is 0 Å². The Hall–Kier alpha value is -3.36. The average Bonchev–Trinajstić information content (AvgIpc) is 3.53. The number of fused-ring (bicyclic) bond motifs is 1. The minimum Gasteiger partial charge on any atom is -0.480 e. The SMILES string of the molecule is CC(C(=O)O)N(CCC1CCCCC1)[P@@](=O)(OC[C@H]1O[C@@](F)(n2cnc3c(=O)[nH]c(N)nc32)[C@H](C)[C@@H]1O)Oc1ccccc1. The van der Waals surface area contributed by atoms with Crippen molar-refractivity contribution in [2.75, 3.05) is 18.9 Å². The van der Waals surface area contributed by atoms with E-state index in [1.807, 2.05) is 0 Å². The maximum atomic E-state index is 16.6. The van der Waals surface area contributed by atoms with Crippen LogP contribution in [0, 0.1) is 11.8 Å². The number of nitrogens with one attached hydrogen (secondary N) is 1. The molecule has 6 atom stereocenters. The molecule has 0 amide bonds. The highest BCUT2D eigenvalue weighted by Crippen LogP contribution is 2.54. The zero-order valence-corrected chi connectivity index (χ0v) is 25.4. The first-order chi connectivity index (χ1) is 20.9. The molecule has 44 heavy (non-hydrogen) atoms. The fourth-order valence-corrected chi connectivity index (χ4v) is 7.77. The molecule has 16 heteroatoms. The van der Waals surface area contributed by atoms with Crippen molar-refractivity contribution in [2.45, 2.75) is 76.6 Å². The summed E-state index contributed by atoms with van der Waals surface area (Å²) in [6.45, 7) is 2.28. The molecule has 5 rings (SSSR count). The van der Waals surface area contributed by atoms with E-state index in [0.717, 1.165) is 43.0 Å². The smallest absolute Gasteiger partial charge is 0.462 e. The number of hydrogen-bond acceptors (Lipinski definition) is 10. The highest BCUT2D eigenvalue weighted by atomic mass is 31.2. The molecule has 14 nitrogen and oxygen atoms in total. The van der Waals surface area contributed by atoms with Crippen molar-refractivity contribution in [3.8, 4) is 5.75 Å². The van der Waals surface area contributed by atoms with Crippen LogP contribution in [0.4, 0.5) is 10.3 Å². The molecule has 3 heterocycles. The van der Waals surface area contributed by atoms with E-state index in [0.29, 0.717) is 12.3 Å². The number of aromatic amines is 1. The first-order valence-corrected chi connectivity index (χ1v) is 16.2. The number of benzene rings is 1. The van der Waals surface area contributed by atoms with Gasteiger partial charge in [-0.15, -0.1) is 0 Å². The normalized spacial score (nSPS) is 26.5. The molecule has 1 aliphatic carbocycles. The number of anilines is 1. The summed E-state index contributed by atoms with van der Waals surface area (Å²) < 4.78 is 50.7. The fraction of sp³-hybridized carbons (Fsp3) is 0.571. The Morgan fingerprint density at radius 2 is 2.02 bits per heavy atom. The number of H-pyrrole nitrogens is 1. The van der Waals surface area contributed by atoms with Gasteiger partial charge in [-0.1, -0.05) is 57.2 Å². The molecule has 2 fully saturated rings. The fourth-order valence-electron chi connectivity index (χ4n) is 5.86.